The summed E-state index contributed by atoms with van der Waals surface area (Å²) in [6.07, 6.45) is 1.75. The molecule has 1 aliphatic heterocycles. The van der Waals surface area contributed by atoms with Crippen molar-refractivity contribution in [3.8, 4) is 5.75 Å². The predicted molar refractivity (Wildman–Crippen MR) is 137 cm³/mol. The van der Waals surface area contributed by atoms with E-state index in [0.29, 0.717) is 6.42 Å². The highest BCUT2D eigenvalue weighted by atomic mass is 19.1. The summed E-state index contributed by atoms with van der Waals surface area (Å²) in [5.74, 6) is -4.42. The minimum atomic E-state index is -1.71. The number of hydrogen-bond acceptors (Lipinski definition) is 3. The quantitative estimate of drug-likeness (QED) is 0.278. The molecular formula is C30H26F3NO3. The van der Waals surface area contributed by atoms with Gasteiger partial charge in [0.15, 0.2) is 17.4 Å². The molecule has 7 heteroatoms. The second kappa shape index (κ2) is 10.2. The first-order valence-electron chi connectivity index (χ1n) is 12.3. The summed E-state index contributed by atoms with van der Waals surface area (Å²) >= 11 is 0. The fourth-order valence-corrected chi connectivity index (χ4v) is 5.14. The fraction of sp³-hybridized carbons (Fsp3) is 0.233. The third kappa shape index (κ3) is 4.73. The van der Waals surface area contributed by atoms with Crippen LogP contribution in [-0.2, 0) is 0 Å². The number of halogens is 3. The van der Waals surface area contributed by atoms with Gasteiger partial charge in [0.05, 0.1) is 17.9 Å². The summed E-state index contributed by atoms with van der Waals surface area (Å²) in [7, 11) is 0. The summed E-state index contributed by atoms with van der Waals surface area (Å²) in [5, 5.41) is 11.7. The van der Waals surface area contributed by atoms with Gasteiger partial charge in [-0.1, -0.05) is 55.5 Å². The lowest BCUT2D eigenvalue weighted by Gasteiger charge is -2.37. The van der Waals surface area contributed by atoms with Crippen LogP contribution in [0.1, 0.15) is 48.0 Å². The summed E-state index contributed by atoms with van der Waals surface area (Å²) in [4.78, 5) is 12.9. The number of carbonyl (C=O) groups is 1. The van der Waals surface area contributed by atoms with E-state index in [1.54, 1.807) is 6.07 Å². The van der Waals surface area contributed by atoms with E-state index < -0.39 is 35.1 Å². The number of nitrogens with zero attached hydrogens (tertiary/aromatic N) is 1. The Kier molecular flexibility index (Phi) is 6.78. The van der Waals surface area contributed by atoms with Crippen molar-refractivity contribution in [3.05, 3.63) is 101 Å². The van der Waals surface area contributed by atoms with Gasteiger partial charge in [0, 0.05) is 0 Å². The van der Waals surface area contributed by atoms with Gasteiger partial charge in [-0.25, -0.2) is 18.0 Å². The van der Waals surface area contributed by atoms with Crippen molar-refractivity contribution < 1.29 is 27.8 Å². The van der Waals surface area contributed by atoms with Crippen molar-refractivity contribution in [1.82, 2.24) is 0 Å². The van der Waals surface area contributed by atoms with Crippen LogP contribution < -0.4 is 9.64 Å². The number of carboxylic acid groups (broad SMARTS) is 1. The fourth-order valence-electron chi connectivity index (χ4n) is 5.14. The van der Waals surface area contributed by atoms with Crippen molar-refractivity contribution in [1.29, 1.82) is 0 Å². The summed E-state index contributed by atoms with van der Waals surface area (Å²) < 4.78 is 49.9. The van der Waals surface area contributed by atoms with E-state index >= 15 is 4.39 Å². The average molecular weight is 506 g/mol. The molecule has 4 aromatic rings. The van der Waals surface area contributed by atoms with E-state index in [2.05, 4.69) is 37.3 Å². The minimum absolute atomic E-state index is 0.0264. The molecule has 1 unspecified atom stereocenters. The summed E-state index contributed by atoms with van der Waals surface area (Å²) in [5.41, 5.74) is 0.350. The lowest BCUT2D eigenvalue weighted by molar-refractivity contribution is 0.0686. The maximum absolute atomic E-state index is 15.2. The molecule has 0 saturated heterocycles. The molecule has 0 bridgehead atoms. The van der Waals surface area contributed by atoms with Crippen LogP contribution in [0.5, 0.6) is 5.75 Å². The monoisotopic (exact) mass is 505 g/mol. The van der Waals surface area contributed by atoms with E-state index in [-0.39, 0.29) is 29.6 Å². The molecule has 190 valence electrons. The molecule has 0 aliphatic carbocycles. The molecule has 37 heavy (non-hydrogen) atoms. The van der Waals surface area contributed by atoms with Gasteiger partial charge in [0.25, 0.3) is 0 Å². The Morgan fingerprint density at radius 3 is 2.54 bits per heavy atom. The van der Waals surface area contributed by atoms with Crippen LogP contribution in [0.25, 0.3) is 10.8 Å². The Bertz CT molecular complexity index is 1470. The number of ether oxygens (including phenoxy) is 1. The van der Waals surface area contributed by atoms with Gasteiger partial charge in [0.1, 0.15) is 17.5 Å². The zero-order valence-corrected chi connectivity index (χ0v) is 20.3. The molecule has 0 spiro atoms. The number of fused-ring (bicyclic) bond motifs is 2. The maximum atomic E-state index is 15.2. The van der Waals surface area contributed by atoms with Gasteiger partial charge in [-0.05, 0) is 65.8 Å². The zero-order chi connectivity index (χ0) is 26.1. The van der Waals surface area contributed by atoms with Gasteiger partial charge < -0.3 is 14.7 Å². The van der Waals surface area contributed by atoms with E-state index in [1.165, 1.54) is 39.4 Å². The van der Waals surface area contributed by atoms with Gasteiger partial charge in [-0.3, -0.25) is 0 Å². The number of anilines is 2. The number of aromatic carboxylic acids is 1. The van der Waals surface area contributed by atoms with Crippen LogP contribution in [0.4, 0.5) is 24.5 Å². The van der Waals surface area contributed by atoms with Crippen LogP contribution in [0.3, 0.4) is 0 Å². The highest BCUT2D eigenvalue weighted by Crippen LogP contribution is 2.42. The lowest BCUT2D eigenvalue weighted by atomic mass is 9.90. The highest BCUT2D eigenvalue weighted by molar-refractivity contribution is 5.90. The largest absolute Gasteiger partial charge is 0.483 e. The molecule has 4 aromatic carbocycles. The first-order valence-corrected chi connectivity index (χ1v) is 12.3. The van der Waals surface area contributed by atoms with Crippen LogP contribution in [-0.4, -0.2) is 23.7 Å². The number of para-hydroxylation sites is 1. The number of rotatable bonds is 7. The molecule has 0 amide bonds. The normalized spacial score (nSPS) is 15.8. The van der Waals surface area contributed by atoms with Crippen molar-refractivity contribution in [2.24, 2.45) is 0 Å². The molecule has 0 aromatic heterocycles. The van der Waals surface area contributed by atoms with E-state index in [0.717, 1.165) is 18.9 Å². The Labute approximate surface area is 212 Å². The lowest BCUT2D eigenvalue weighted by Crippen LogP contribution is -2.38. The Morgan fingerprint density at radius 2 is 1.73 bits per heavy atom. The molecule has 2 atom stereocenters. The highest BCUT2D eigenvalue weighted by Gasteiger charge is 2.32. The van der Waals surface area contributed by atoms with Crippen molar-refractivity contribution >= 4 is 28.1 Å². The van der Waals surface area contributed by atoms with E-state index in [4.69, 9.17) is 4.74 Å². The molecule has 0 fully saturated rings. The first kappa shape index (κ1) is 24.7. The second-order valence-corrected chi connectivity index (χ2v) is 9.40. The van der Waals surface area contributed by atoms with Gasteiger partial charge in [-0.15, -0.1) is 0 Å². The number of hydrogen-bond donors (Lipinski definition) is 1. The molecule has 5 rings (SSSR count). The Balaban J connectivity index is 1.37. The van der Waals surface area contributed by atoms with Crippen LogP contribution in [0.15, 0.2) is 72.8 Å². The topological polar surface area (TPSA) is 49.8 Å². The molecule has 0 saturated carbocycles. The van der Waals surface area contributed by atoms with E-state index in [9.17, 15) is 18.7 Å². The van der Waals surface area contributed by atoms with Crippen LogP contribution in [0, 0.1) is 17.5 Å². The smallest absolute Gasteiger partial charge is 0.341 e. The summed E-state index contributed by atoms with van der Waals surface area (Å²) in [6.45, 7) is 2.34. The SMILES string of the molecule is C[C@@H](CCCC1CN(c2ccc(F)c(C(=O)O)c2F)c2cccc(F)c2O1)c1cccc2ccccc12. The Morgan fingerprint density at radius 1 is 0.973 bits per heavy atom. The number of benzene rings is 4. The average Bonchev–Trinajstić information content (AvgIpc) is 2.88. The molecule has 4 nitrogen and oxygen atoms in total. The predicted octanol–water partition coefficient (Wildman–Crippen LogP) is 7.83. The van der Waals surface area contributed by atoms with Crippen LogP contribution in [0.2, 0.25) is 0 Å². The molecule has 1 heterocycles. The standard InChI is InChI=1S/C30H26F3NO3/c1-18(21-12-5-9-19-8-2-3-11-22(19)21)7-4-10-20-17-34(26-14-6-13-24(32)29(26)37-20)25-16-15-23(31)27(28(25)33)30(35)36/h2-3,5-6,8-9,11-16,18,20H,4,7,10,17H2,1H3,(H,35,36)/t18-,20?/m0/s1. The summed E-state index contributed by atoms with van der Waals surface area (Å²) in [6, 6.07) is 20.9. The van der Waals surface area contributed by atoms with Gasteiger partial charge >= 0.3 is 5.97 Å². The van der Waals surface area contributed by atoms with Crippen molar-refractivity contribution in [2.45, 2.75) is 38.2 Å². The van der Waals surface area contributed by atoms with Crippen LogP contribution >= 0.6 is 0 Å². The van der Waals surface area contributed by atoms with Crippen molar-refractivity contribution in [3.63, 3.8) is 0 Å². The minimum Gasteiger partial charge on any atom is -0.483 e. The molecule has 0 radical (unpaired) electrons. The third-order valence-corrected chi connectivity index (χ3v) is 7.00. The molecule has 1 aliphatic rings. The van der Waals surface area contributed by atoms with E-state index in [1.807, 2.05) is 12.1 Å². The second-order valence-electron chi connectivity index (χ2n) is 9.40. The van der Waals surface area contributed by atoms with Crippen molar-refractivity contribution in [2.75, 3.05) is 11.4 Å². The molecular weight excluding hydrogens is 479 g/mol. The zero-order valence-electron chi connectivity index (χ0n) is 20.3. The Hall–Kier alpha value is -4.00. The third-order valence-electron chi connectivity index (χ3n) is 7.00. The van der Waals surface area contributed by atoms with Gasteiger partial charge in [0.2, 0.25) is 0 Å². The first-order chi connectivity index (χ1) is 17.8. The van der Waals surface area contributed by atoms with Gasteiger partial charge in [-0.2, -0.15) is 0 Å². The number of carboxylic acids is 1. The maximum Gasteiger partial charge on any atom is 0.341 e. The molecule has 1 N–H and O–H groups in total.